The zero-order chi connectivity index (χ0) is 17.0. The van der Waals surface area contributed by atoms with Crippen LogP contribution in [0.15, 0.2) is 30.3 Å². The third kappa shape index (κ3) is 5.19. The average molecular weight is 330 g/mol. The number of hydrogen-bond acceptors (Lipinski definition) is 3. The van der Waals surface area contributed by atoms with Gasteiger partial charge in [0.05, 0.1) is 0 Å². The summed E-state index contributed by atoms with van der Waals surface area (Å²) in [6.45, 7) is 6.17. The van der Waals surface area contributed by atoms with Gasteiger partial charge in [0.15, 0.2) is 6.10 Å². The van der Waals surface area contributed by atoms with Gasteiger partial charge < -0.3 is 10.4 Å². The third-order valence-corrected chi connectivity index (χ3v) is 4.49. The Balaban J connectivity index is 1.87. The van der Waals surface area contributed by atoms with Crippen LogP contribution in [0.3, 0.4) is 0 Å². The van der Waals surface area contributed by atoms with E-state index in [0.717, 1.165) is 19.6 Å². The first-order valence-electron chi connectivity index (χ1n) is 8.02. The van der Waals surface area contributed by atoms with Crippen molar-refractivity contribution < 1.29 is 18.3 Å². The van der Waals surface area contributed by atoms with Crippen LogP contribution in [0.4, 0.5) is 13.2 Å². The molecule has 0 aliphatic carbocycles. The largest absolute Gasteiger partial charge is 0.415 e. The van der Waals surface area contributed by atoms with E-state index in [4.69, 9.17) is 5.11 Å². The number of hydrogen-bond donors (Lipinski definition) is 2. The van der Waals surface area contributed by atoms with Crippen molar-refractivity contribution in [1.82, 2.24) is 10.2 Å². The van der Waals surface area contributed by atoms with Crippen LogP contribution in [-0.2, 0) is 6.54 Å². The molecule has 0 radical (unpaired) electrons. The first kappa shape index (κ1) is 18.2. The van der Waals surface area contributed by atoms with E-state index in [9.17, 15) is 13.2 Å². The lowest BCUT2D eigenvalue weighted by atomic mass is 9.85. The average Bonchev–Trinajstić information content (AvgIpc) is 2.46. The van der Waals surface area contributed by atoms with Gasteiger partial charge in [-0.1, -0.05) is 44.2 Å². The van der Waals surface area contributed by atoms with E-state index in [2.05, 4.69) is 22.3 Å². The molecule has 0 saturated carbocycles. The van der Waals surface area contributed by atoms with Gasteiger partial charge >= 0.3 is 6.18 Å². The summed E-state index contributed by atoms with van der Waals surface area (Å²) in [5.41, 5.74) is 1.24. The van der Waals surface area contributed by atoms with Gasteiger partial charge in [0.2, 0.25) is 0 Å². The zero-order valence-electron chi connectivity index (χ0n) is 13.6. The van der Waals surface area contributed by atoms with Crippen LogP contribution in [0, 0.1) is 11.8 Å². The maximum atomic E-state index is 12.4. The lowest BCUT2D eigenvalue weighted by Crippen LogP contribution is -2.55. The molecule has 6 heteroatoms. The Hall–Kier alpha value is -1.11. The Morgan fingerprint density at radius 1 is 1.17 bits per heavy atom. The highest BCUT2D eigenvalue weighted by Crippen LogP contribution is 2.25. The molecule has 2 rings (SSSR count). The van der Waals surface area contributed by atoms with Crippen molar-refractivity contribution in [1.29, 1.82) is 0 Å². The molecule has 1 saturated heterocycles. The Kier molecular flexibility index (Phi) is 6.06. The summed E-state index contributed by atoms with van der Waals surface area (Å²) >= 11 is 0. The van der Waals surface area contributed by atoms with Crippen LogP contribution < -0.4 is 5.32 Å². The fraction of sp³-hybridized carbons (Fsp3) is 0.647. The normalized spacial score (nSPS) is 25.5. The van der Waals surface area contributed by atoms with Gasteiger partial charge in [-0.05, 0) is 17.4 Å². The highest BCUT2D eigenvalue weighted by Gasteiger charge is 2.39. The number of likely N-dealkylation sites (tertiary alicyclic amines) is 1. The second-order valence-corrected chi connectivity index (χ2v) is 6.63. The Labute approximate surface area is 135 Å². The standard InChI is InChI=1S/C17H25F3N2O/c1-12-9-22(11-14-6-4-3-5-7-14)10-13(2)16(12)21-8-15(23)17(18,19)20/h3-7,12-13,15-16,21,23H,8-11H2,1-2H3/t12-,13-,15-/m1/s1. The third-order valence-electron chi connectivity index (χ3n) is 4.49. The minimum absolute atomic E-state index is 0.0148. The number of halogens is 3. The molecule has 1 aromatic rings. The topological polar surface area (TPSA) is 35.5 Å². The highest BCUT2D eigenvalue weighted by molar-refractivity contribution is 5.14. The van der Waals surface area contributed by atoms with Crippen LogP contribution >= 0.6 is 0 Å². The smallest absolute Gasteiger partial charge is 0.382 e. The molecule has 3 nitrogen and oxygen atoms in total. The molecule has 1 heterocycles. The molecule has 1 aliphatic heterocycles. The monoisotopic (exact) mass is 330 g/mol. The molecule has 0 amide bonds. The van der Waals surface area contributed by atoms with Gasteiger partial charge in [0.25, 0.3) is 0 Å². The summed E-state index contributed by atoms with van der Waals surface area (Å²) in [5.74, 6) is 0.450. The van der Waals surface area contributed by atoms with Crippen molar-refractivity contribution >= 4 is 0 Å². The van der Waals surface area contributed by atoms with Crippen LogP contribution in [-0.4, -0.2) is 48.0 Å². The minimum atomic E-state index is -4.56. The Bertz CT molecular complexity index is 468. The van der Waals surface area contributed by atoms with Crippen molar-refractivity contribution in [2.45, 2.75) is 38.7 Å². The first-order chi connectivity index (χ1) is 10.8. The second kappa shape index (κ2) is 7.64. The lowest BCUT2D eigenvalue weighted by molar-refractivity contribution is -0.202. The van der Waals surface area contributed by atoms with Crippen LogP contribution in [0.5, 0.6) is 0 Å². The van der Waals surface area contributed by atoms with Crippen LogP contribution in [0.1, 0.15) is 19.4 Å². The summed E-state index contributed by atoms with van der Waals surface area (Å²) in [6.07, 6.45) is -6.86. The maximum Gasteiger partial charge on any atom is 0.415 e. The number of rotatable bonds is 5. The Morgan fingerprint density at radius 3 is 2.26 bits per heavy atom. The summed E-state index contributed by atoms with van der Waals surface area (Å²) in [5, 5.41) is 12.1. The maximum absolute atomic E-state index is 12.4. The summed E-state index contributed by atoms with van der Waals surface area (Å²) in [7, 11) is 0. The first-order valence-corrected chi connectivity index (χ1v) is 8.02. The van der Waals surface area contributed by atoms with Crippen molar-refractivity contribution in [3.05, 3.63) is 35.9 Å². The molecule has 130 valence electrons. The predicted molar refractivity (Wildman–Crippen MR) is 83.9 cm³/mol. The summed E-state index contributed by atoms with van der Waals surface area (Å²) in [6, 6.07) is 10.2. The molecule has 0 spiro atoms. The number of aliphatic hydroxyl groups is 1. The predicted octanol–water partition coefficient (Wildman–Crippen LogP) is 2.66. The van der Waals surface area contributed by atoms with E-state index in [1.165, 1.54) is 5.56 Å². The molecule has 0 bridgehead atoms. The van der Waals surface area contributed by atoms with Crippen molar-refractivity contribution in [3.8, 4) is 0 Å². The zero-order valence-corrected chi connectivity index (χ0v) is 13.6. The molecule has 1 aliphatic rings. The molecular weight excluding hydrogens is 305 g/mol. The Morgan fingerprint density at radius 2 is 1.74 bits per heavy atom. The lowest BCUT2D eigenvalue weighted by Gasteiger charge is -2.42. The summed E-state index contributed by atoms with van der Waals surface area (Å²) < 4.78 is 37.2. The number of alkyl halides is 3. The number of benzene rings is 1. The summed E-state index contributed by atoms with van der Waals surface area (Å²) in [4.78, 5) is 2.34. The highest BCUT2D eigenvalue weighted by atomic mass is 19.4. The van der Waals surface area contributed by atoms with E-state index >= 15 is 0 Å². The quantitative estimate of drug-likeness (QED) is 0.871. The fourth-order valence-electron chi connectivity index (χ4n) is 3.41. The second-order valence-electron chi connectivity index (χ2n) is 6.63. The number of nitrogens with one attached hydrogen (secondary N) is 1. The molecule has 1 aromatic carbocycles. The number of aliphatic hydroxyl groups excluding tert-OH is 1. The van der Waals surface area contributed by atoms with E-state index in [0.29, 0.717) is 0 Å². The van der Waals surface area contributed by atoms with E-state index < -0.39 is 18.8 Å². The van der Waals surface area contributed by atoms with Crippen molar-refractivity contribution in [2.24, 2.45) is 11.8 Å². The van der Waals surface area contributed by atoms with Gasteiger partial charge in [0.1, 0.15) is 0 Å². The van der Waals surface area contributed by atoms with Crippen LogP contribution in [0.2, 0.25) is 0 Å². The number of piperidine rings is 1. The van der Waals surface area contributed by atoms with Gasteiger partial charge in [-0.2, -0.15) is 13.2 Å². The molecule has 2 N–H and O–H groups in total. The van der Waals surface area contributed by atoms with Crippen molar-refractivity contribution in [2.75, 3.05) is 19.6 Å². The molecule has 1 fully saturated rings. The molecule has 0 unspecified atom stereocenters. The SMILES string of the molecule is C[C@@H]1CN(Cc2ccccc2)C[C@@H](C)C1NC[C@@H](O)C(F)(F)F. The van der Waals surface area contributed by atoms with Crippen LogP contribution in [0.25, 0.3) is 0 Å². The van der Waals surface area contributed by atoms with Gasteiger partial charge in [0, 0.05) is 32.2 Å². The fourth-order valence-corrected chi connectivity index (χ4v) is 3.41. The molecule has 0 aromatic heterocycles. The molecular formula is C17H25F3N2O. The van der Waals surface area contributed by atoms with E-state index in [1.54, 1.807) is 0 Å². The van der Waals surface area contributed by atoms with E-state index in [-0.39, 0.29) is 17.9 Å². The van der Waals surface area contributed by atoms with Gasteiger partial charge in [-0.15, -0.1) is 0 Å². The van der Waals surface area contributed by atoms with Gasteiger partial charge in [-0.25, -0.2) is 0 Å². The minimum Gasteiger partial charge on any atom is -0.382 e. The molecule has 3 atom stereocenters. The number of nitrogens with zero attached hydrogens (tertiary/aromatic N) is 1. The molecule has 23 heavy (non-hydrogen) atoms. The van der Waals surface area contributed by atoms with Crippen molar-refractivity contribution in [3.63, 3.8) is 0 Å². The van der Waals surface area contributed by atoms with Gasteiger partial charge in [-0.3, -0.25) is 4.90 Å². The van der Waals surface area contributed by atoms with E-state index in [1.807, 2.05) is 32.0 Å².